The number of halogens is 1. The topological polar surface area (TPSA) is 91.6 Å². The smallest absolute Gasteiger partial charge is 0.266 e. The van der Waals surface area contributed by atoms with Gasteiger partial charge < -0.3 is 4.52 Å². The minimum Gasteiger partial charge on any atom is -0.337 e. The van der Waals surface area contributed by atoms with E-state index in [0.717, 1.165) is 12.8 Å². The summed E-state index contributed by atoms with van der Waals surface area (Å²) in [5, 5.41) is 8.44. The van der Waals surface area contributed by atoms with Crippen molar-refractivity contribution in [3.05, 3.63) is 33.0 Å². The molecule has 0 aliphatic rings. The molecule has 3 heterocycles. The Balaban J connectivity index is 1.99. The molecule has 0 atom stereocenters. The second-order valence-electron chi connectivity index (χ2n) is 4.64. The summed E-state index contributed by atoms with van der Waals surface area (Å²) in [6.07, 6.45) is 3.15. The summed E-state index contributed by atoms with van der Waals surface area (Å²) in [6, 6.07) is 0. The van der Waals surface area contributed by atoms with Crippen molar-refractivity contribution in [3.63, 3.8) is 0 Å². The molecule has 110 valence electrons. The number of nitrogens with zero attached hydrogens (tertiary/aromatic N) is 6. The van der Waals surface area contributed by atoms with Crippen LogP contribution in [0.2, 0.25) is 0 Å². The van der Waals surface area contributed by atoms with Crippen LogP contribution in [-0.2, 0) is 20.0 Å². The van der Waals surface area contributed by atoms with Crippen LogP contribution in [0.15, 0.2) is 20.2 Å². The first-order valence-electron chi connectivity index (χ1n) is 6.49. The van der Waals surface area contributed by atoms with Crippen LogP contribution in [-0.4, -0.2) is 29.5 Å². The molecule has 0 saturated carbocycles. The highest BCUT2D eigenvalue weighted by Crippen LogP contribution is 2.16. The first-order chi connectivity index (χ1) is 10.1. The Labute approximate surface area is 127 Å². The molecule has 3 aromatic heterocycles. The Morgan fingerprint density at radius 2 is 2.24 bits per heavy atom. The van der Waals surface area contributed by atoms with E-state index in [9.17, 15) is 4.79 Å². The monoisotopic (exact) mass is 352 g/mol. The molecule has 0 unspecified atom stereocenters. The lowest BCUT2D eigenvalue weighted by atomic mass is 10.3. The maximum absolute atomic E-state index is 12.4. The van der Waals surface area contributed by atoms with E-state index < -0.39 is 0 Å². The van der Waals surface area contributed by atoms with E-state index in [2.05, 4.69) is 36.2 Å². The van der Waals surface area contributed by atoms with Gasteiger partial charge in [-0.2, -0.15) is 10.1 Å². The number of hydrogen-bond donors (Lipinski definition) is 0. The SMILES string of the molecule is CCCc1noc(Cn2cnc3c(c(Br)nn3C)c2=O)n1. The Morgan fingerprint density at radius 3 is 3.00 bits per heavy atom. The van der Waals surface area contributed by atoms with Gasteiger partial charge in [0.05, 0.1) is 0 Å². The van der Waals surface area contributed by atoms with Gasteiger partial charge in [-0.25, -0.2) is 9.67 Å². The third-order valence-electron chi connectivity index (χ3n) is 3.06. The van der Waals surface area contributed by atoms with Crippen LogP contribution < -0.4 is 5.56 Å². The lowest BCUT2D eigenvalue weighted by molar-refractivity contribution is 0.364. The maximum atomic E-state index is 12.4. The fourth-order valence-corrected chi connectivity index (χ4v) is 2.66. The molecule has 8 nitrogen and oxygen atoms in total. The van der Waals surface area contributed by atoms with E-state index in [-0.39, 0.29) is 12.1 Å². The summed E-state index contributed by atoms with van der Waals surface area (Å²) in [5.41, 5.74) is 0.329. The zero-order valence-electron chi connectivity index (χ0n) is 11.6. The van der Waals surface area contributed by atoms with E-state index in [1.54, 1.807) is 11.7 Å². The number of hydrogen-bond acceptors (Lipinski definition) is 6. The Bertz CT molecular complexity index is 849. The largest absolute Gasteiger partial charge is 0.337 e. The molecule has 3 aromatic rings. The van der Waals surface area contributed by atoms with Crippen molar-refractivity contribution in [1.82, 2.24) is 29.5 Å². The minimum absolute atomic E-state index is 0.194. The van der Waals surface area contributed by atoms with Crippen LogP contribution in [0.25, 0.3) is 11.0 Å². The Morgan fingerprint density at radius 1 is 1.43 bits per heavy atom. The molecule has 0 N–H and O–H groups in total. The summed E-state index contributed by atoms with van der Waals surface area (Å²) in [4.78, 5) is 20.9. The van der Waals surface area contributed by atoms with Gasteiger partial charge >= 0.3 is 0 Å². The van der Waals surface area contributed by atoms with Crippen LogP contribution in [0.4, 0.5) is 0 Å². The van der Waals surface area contributed by atoms with Crippen molar-refractivity contribution in [2.75, 3.05) is 0 Å². The number of aromatic nitrogens is 6. The number of fused-ring (bicyclic) bond motifs is 1. The van der Waals surface area contributed by atoms with Gasteiger partial charge in [0.2, 0.25) is 5.89 Å². The summed E-state index contributed by atoms with van der Waals surface area (Å²) in [7, 11) is 1.74. The zero-order chi connectivity index (χ0) is 15.0. The predicted molar refractivity (Wildman–Crippen MR) is 77.9 cm³/mol. The van der Waals surface area contributed by atoms with E-state index in [4.69, 9.17) is 4.52 Å². The molecule has 0 amide bonds. The van der Waals surface area contributed by atoms with Gasteiger partial charge in [0, 0.05) is 13.5 Å². The van der Waals surface area contributed by atoms with E-state index >= 15 is 0 Å². The standard InChI is InChI=1S/C12H13BrN6O2/c1-3-4-7-15-8(21-17-7)5-19-6-14-11-9(12(19)20)10(13)16-18(11)2/h6H,3-5H2,1-2H3. The lowest BCUT2D eigenvalue weighted by Crippen LogP contribution is -2.21. The van der Waals surface area contributed by atoms with Gasteiger partial charge in [0.1, 0.15) is 22.9 Å². The van der Waals surface area contributed by atoms with Crippen LogP contribution in [0.5, 0.6) is 0 Å². The fraction of sp³-hybridized carbons (Fsp3) is 0.417. The normalized spacial score (nSPS) is 11.4. The summed E-state index contributed by atoms with van der Waals surface area (Å²) in [5.74, 6) is 1.04. The van der Waals surface area contributed by atoms with Gasteiger partial charge in [-0.1, -0.05) is 12.1 Å². The highest BCUT2D eigenvalue weighted by Gasteiger charge is 2.15. The van der Waals surface area contributed by atoms with Crippen molar-refractivity contribution in [1.29, 1.82) is 0 Å². The molecule has 9 heteroatoms. The van der Waals surface area contributed by atoms with Gasteiger partial charge in [-0.15, -0.1) is 0 Å². The van der Waals surface area contributed by atoms with Crippen molar-refractivity contribution in [3.8, 4) is 0 Å². The number of rotatable bonds is 4. The highest BCUT2D eigenvalue weighted by atomic mass is 79.9. The molecule has 0 aliphatic heterocycles. The van der Waals surface area contributed by atoms with Crippen molar-refractivity contribution < 1.29 is 4.52 Å². The first-order valence-corrected chi connectivity index (χ1v) is 7.28. The molecular formula is C12H13BrN6O2. The molecule has 0 aliphatic carbocycles. The quantitative estimate of drug-likeness (QED) is 0.702. The van der Waals surface area contributed by atoms with Crippen LogP contribution in [0.3, 0.4) is 0 Å². The van der Waals surface area contributed by atoms with Crippen LogP contribution in [0.1, 0.15) is 25.1 Å². The summed E-state index contributed by atoms with van der Waals surface area (Å²) < 4.78 is 8.60. The highest BCUT2D eigenvalue weighted by molar-refractivity contribution is 9.10. The van der Waals surface area contributed by atoms with Crippen molar-refractivity contribution in [2.24, 2.45) is 7.05 Å². The van der Waals surface area contributed by atoms with E-state index in [1.807, 2.05) is 6.92 Å². The van der Waals surface area contributed by atoms with Gasteiger partial charge in [-0.05, 0) is 22.4 Å². The number of aryl methyl sites for hydroxylation is 2. The third kappa shape index (κ3) is 2.48. The summed E-state index contributed by atoms with van der Waals surface area (Å²) in [6.45, 7) is 2.23. The molecule has 0 aromatic carbocycles. The van der Waals surface area contributed by atoms with E-state index in [0.29, 0.717) is 27.4 Å². The molecular weight excluding hydrogens is 340 g/mol. The van der Waals surface area contributed by atoms with Gasteiger partial charge in [-0.3, -0.25) is 9.36 Å². The van der Waals surface area contributed by atoms with Crippen LogP contribution >= 0.6 is 15.9 Å². The Hall–Kier alpha value is -2.03. The van der Waals surface area contributed by atoms with E-state index in [1.165, 1.54) is 10.9 Å². The molecule has 0 fully saturated rings. The molecule has 0 radical (unpaired) electrons. The maximum Gasteiger partial charge on any atom is 0.266 e. The predicted octanol–water partition coefficient (Wildman–Crippen LogP) is 1.28. The summed E-state index contributed by atoms with van der Waals surface area (Å²) >= 11 is 3.28. The molecule has 3 rings (SSSR count). The fourth-order valence-electron chi connectivity index (χ4n) is 2.07. The van der Waals surface area contributed by atoms with Crippen molar-refractivity contribution >= 4 is 27.0 Å². The molecule has 0 saturated heterocycles. The van der Waals surface area contributed by atoms with Gasteiger partial charge in [0.25, 0.3) is 5.56 Å². The second-order valence-corrected chi connectivity index (χ2v) is 5.40. The van der Waals surface area contributed by atoms with Crippen molar-refractivity contribution in [2.45, 2.75) is 26.3 Å². The molecule has 0 spiro atoms. The average molecular weight is 353 g/mol. The molecule has 0 bridgehead atoms. The zero-order valence-corrected chi connectivity index (χ0v) is 13.2. The second kappa shape index (κ2) is 5.40. The van der Waals surface area contributed by atoms with Crippen LogP contribution in [0, 0.1) is 0 Å². The van der Waals surface area contributed by atoms with Gasteiger partial charge in [0.15, 0.2) is 11.5 Å². The lowest BCUT2D eigenvalue weighted by Gasteiger charge is -2.01. The Kier molecular flexibility index (Phi) is 3.58. The average Bonchev–Trinajstić information content (AvgIpc) is 2.99. The third-order valence-corrected chi connectivity index (χ3v) is 3.61. The first kappa shape index (κ1) is 13.9. The molecule has 21 heavy (non-hydrogen) atoms. The minimum atomic E-state index is -0.199.